The fourth-order valence-electron chi connectivity index (χ4n) is 1.50. The van der Waals surface area contributed by atoms with Crippen LogP contribution in [-0.2, 0) is 0 Å². The van der Waals surface area contributed by atoms with Gasteiger partial charge in [0.1, 0.15) is 5.75 Å². The van der Waals surface area contributed by atoms with Crippen molar-refractivity contribution in [2.75, 3.05) is 11.1 Å². The summed E-state index contributed by atoms with van der Waals surface area (Å²) >= 11 is 0. The standard InChI is InChI=1S/C13H11F3N2O/c14-13(15,16)19-12-3-1-2-11(8-12)18-10-6-4-9(17)5-7-10/h1-8,18H,17H2. The third-order valence-electron chi connectivity index (χ3n) is 2.27. The van der Waals surface area contributed by atoms with Gasteiger partial charge in [-0.3, -0.25) is 0 Å². The predicted octanol–water partition coefficient (Wildman–Crippen LogP) is 3.91. The smallest absolute Gasteiger partial charge is 0.406 e. The van der Waals surface area contributed by atoms with Crippen LogP contribution in [0.25, 0.3) is 0 Å². The van der Waals surface area contributed by atoms with Gasteiger partial charge in [0.25, 0.3) is 0 Å². The minimum atomic E-state index is -4.69. The normalized spacial score (nSPS) is 11.1. The van der Waals surface area contributed by atoms with E-state index in [9.17, 15) is 13.2 Å². The van der Waals surface area contributed by atoms with E-state index in [4.69, 9.17) is 5.73 Å². The molecule has 3 N–H and O–H groups in total. The fourth-order valence-corrected chi connectivity index (χ4v) is 1.50. The van der Waals surface area contributed by atoms with Crippen LogP contribution in [0.15, 0.2) is 48.5 Å². The van der Waals surface area contributed by atoms with Gasteiger partial charge in [0, 0.05) is 23.1 Å². The van der Waals surface area contributed by atoms with Crippen molar-refractivity contribution < 1.29 is 17.9 Å². The molecule has 19 heavy (non-hydrogen) atoms. The third kappa shape index (κ3) is 4.09. The van der Waals surface area contributed by atoms with E-state index < -0.39 is 6.36 Å². The van der Waals surface area contributed by atoms with Gasteiger partial charge in [-0.15, -0.1) is 13.2 Å². The molecule has 0 saturated heterocycles. The summed E-state index contributed by atoms with van der Waals surface area (Å²) in [4.78, 5) is 0. The molecule has 6 heteroatoms. The molecule has 0 spiro atoms. The van der Waals surface area contributed by atoms with E-state index in [1.165, 1.54) is 18.2 Å². The van der Waals surface area contributed by atoms with Crippen LogP contribution in [0.5, 0.6) is 5.75 Å². The molecule has 0 unspecified atom stereocenters. The van der Waals surface area contributed by atoms with Crippen molar-refractivity contribution in [3.05, 3.63) is 48.5 Å². The number of hydrogen-bond donors (Lipinski definition) is 2. The van der Waals surface area contributed by atoms with E-state index in [1.807, 2.05) is 0 Å². The number of nitrogens with two attached hydrogens (primary N) is 1. The largest absolute Gasteiger partial charge is 0.573 e. The first kappa shape index (κ1) is 13.1. The van der Waals surface area contributed by atoms with Gasteiger partial charge in [0.05, 0.1) is 0 Å². The van der Waals surface area contributed by atoms with Crippen LogP contribution in [0, 0.1) is 0 Å². The maximum Gasteiger partial charge on any atom is 0.573 e. The highest BCUT2D eigenvalue weighted by molar-refractivity contribution is 5.62. The second-order valence-corrected chi connectivity index (χ2v) is 3.82. The lowest BCUT2D eigenvalue weighted by molar-refractivity contribution is -0.274. The predicted molar refractivity (Wildman–Crippen MR) is 67.3 cm³/mol. The van der Waals surface area contributed by atoms with Gasteiger partial charge >= 0.3 is 6.36 Å². The zero-order valence-corrected chi connectivity index (χ0v) is 9.74. The number of benzene rings is 2. The van der Waals surface area contributed by atoms with Gasteiger partial charge in [-0.25, -0.2) is 0 Å². The lowest BCUT2D eigenvalue weighted by atomic mass is 10.2. The highest BCUT2D eigenvalue weighted by atomic mass is 19.4. The average molecular weight is 268 g/mol. The first-order valence-corrected chi connectivity index (χ1v) is 5.41. The molecule has 0 aliphatic heterocycles. The van der Waals surface area contributed by atoms with Crippen LogP contribution >= 0.6 is 0 Å². The summed E-state index contributed by atoms with van der Waals surface area (Å²) in [6.45, 7) is 0. The Hall–Kier alpha value is -2.37. The molecule has 0 atom stereocenters. The quantitative estimate of drug-likeness (QED) is 0.830. The molecule has 0 radical (unpaired) electrons. The Morgan fingerprint density at radius 3 is 2.26 bits per heavy atom. The Morgan fingerprint density at radius 2 is 1.63 bits per heavy atom. The Bertz CT molecular complexity index is 553. The van der Waals surface area contributed by atoms with E-state index in [0.29, 0.717) is 11.4 Å². The van der Waals surface area contributed by atoms with Gasteiger partial charge in [-0.05, 0) is 36.4 Å². The number of ether oxygens (including phenoxy) is 1. The second-order valence-electron chi connectivity index (χ2n) is 3.82. The van der Waals surface area contributed by atoms with E-state index in [0.717, 1.165) is 5.69 Å². The first-order valence-electron chi connectivity index (χ1n) is 5.41. The molecular weight excluding hydrogens is 257 g/mol. The van der Waals surface area contributed by atoms with Crippen molar-refractivity contribution >= 4 is 17.1 Å². The molecule has 0 saturated carbocycles. The number of rotatable bonds is 3. The molecule has 0 bridgehead atoms. The third-order valence-corrected chi connectivity index (χ3v) is 2.27. The zero-order valence-electron chi connectivity index (χ0n) is 9.74. The number of alkyl halides is 3. The molecule has 3 nitrogen and oxygen atoms in total. The number of hydrogen-bond acceptors (Lipinski definition) is 3. The average Bonchev–Trinajstić information content (AvgIpc) is 2.30. The Morgan fingerprint density at radius 1 is 0.947 bits per heavy atom. The molecule has 0 aliphatic carbocycles. The van der Waals surface area contributed by atoms with E-state index in [2.05, 4.69) is 10.1 Å². The summed E-state index contributed by atoms with van der Waals surface area (Å²) in [5.41, 5.74) is 7.36. The molecule has 2 aromatic carbocycles. The molecule has 2 rings (SSSR count). The van der Waals surface area contributed by atoms with Crippen LogP contribution in [0.4, 0.5) is 30.2 Å². The molecule has 0 amide bonds. The summed E-state index contributed by atoms with van der Waals surface area (Å²) in [5.74, 6) is -0.270. The van der Waals surface area contributed by atoms with Gasteiger partial charge in [-0.1, -0.05) is 6.07 Å². The maximum absolute atomic E-state index is 12.1. The Kier molecular flexibility index (Phi) is 3.50. The summed E-state index contributed by atoms with van der Waals surface area (Å²) in [6.07, 6.45) is -4.69. The number of halogens is 3. The molecule has 2 aromatic rings. The maximum atomic E-state index is 12.1. The van der Waals surface area contributed by atoms with Crippen molar-refractivity contribution in [1.29, 1.82) is 0 Å². The molecule has 0 aliphatic rings. The molecule has 0 fully saturated rings. The van der Waals surface area contributed by atoms with Crippen molar-refractivity contribution in [2.45, 2.75) is 6.36 Å². The van der Waals surface area contributed by atoms with E-state index >= 15 is 0 Å². The lowest BCUT2D eigenvalue weighted by Crippen LogP contribution is -2.17. The summed E-state index contributed by atoms with van der Waals surface area (Å²) in [6, 6.07) is 12.5. The van der Waals surface area contributed by atoms with Crippen molar-refractivity contribution in [3.63, 3.8) is 0 Å². The summed E-state index contributed by atoms with van der Waals surface area (Å²) in [5, 5.41) is 2.95. The monoisotopic (exact) mass is 268 g/mol. The topological polar surface area (TPSA) is 47.3 Å². The van der Waals surface area contributed by atoms with Crippen molar-refractivity contribution in [2.24, 2.45) is 0 Å². The minimum Gasteiger partial charge on any atom is -0.406 e. The van der Waals surface area contributed by atoms with Crippen molar-refractivity contribution in [1.82, 2.24) is 0 Å². The van der Waals surface area contributed by atoms with Gasteiger partial charge in [0.15, 0.2) is 0 Å². The molecule has 0 aromatic heterocycles. The number of nitrogen functional groups attached to an aromatic ring is 1. The van der Waals surface area contributed by atoms with Crippen molar-refractivity contribution in [3.8, 4) is 5.75 Å². The fraction of sp³-hybridized carbons (Fsp3) is 0.0769. The SMILES string of the molecule is Nc1ccc(Nc2cccc(OC(F)(F)F)c2)cc1. The lowest BCUT2D eigenvalue weighted by Gasteiger charge is -2.11. The van der Waals surface area contributed by atoms with Crippen LogP contribution in [0.3, 0.4) is 0 Å². The molecule has 0 heterocycles. The molecular formula is C13H11F3N2O. The van der Waals surface area contributed by atoms with E-state index in [-0.39, 0.29) is 5.75 Å². The summed E-state index contributed by atoms with van der Waals surface area (Å²) < 4.78 is 40.1. The van der Waals surface area contributed by atoms with Gasteiger partial charge < -0.3 is 15.8 Å². The first-order chi connectivity index (χ1) is 8.92. The highest BCUT2D eigenvalue weighted by Crippen LogP contribution is 2.26. The van der Waals surface area contributed by atoms with Crippen LogP contribution in [0.1, 0.15) is 0 Å². The zero-order chi connectivity index (χ0) is 13.9. The number of anilines is 3. The Labute approximate surface area is 107 Å². The highest BCUT2D eigenvalue weighted by Gasteiger charge is 2.31. The van der Waals surface area contributed by atoms with Crippen LogP contribution in [0.2, 0.25) is 0 Å². The van der Waals surface area contributed by atoms with Gasteiger partial charge in [-0.2, -0.15) is 0 Å². The van der Waals surface area contributed by atoms with E-state index in [1.54, 1.807) is 30.3 Å². The minimum absolute atomic E-state index is 0.270. The van der Waals surface area contributed by atoms with Crippen LogP contribution in [-0.4, -0.2) is 6.36 Å². The molecule has 100 valence electrons. The van der Waals surface area contributed by atoms with Gasteiger partial charge in [0.2, 0.25) is 0 Å². The summed E-state index contributed by atoms with van der Waals surface area (Å²) in [7, 11) is 0. The Balaban J connectivity index is 2.13. The number of nitrogens with one attached hydrogen (secondary N) is 1. The second kappa shape index (κ2) is 5.09. The van der Waals surface area contributed by atoms with Crippen LogP contribution < -0.4 is 15.8 Å².